The molecule has 0 bridgehead atoms. The average molecular weight is 489 g/mol. The number of hydrogen-bond acceptors (Lipinski definition) is 5. The topological polar surface area (TPSA) is 50.4 Å². The Hall–Kier alpha value is -2.06. The predicted molar refractivity (Wildman–Crippen MR) is 134 cm³/mol. The monoisotopic (exact) mass is 488 g/mol. The van der Waals surface area contributed by atoms with E-state index in [4.69, 9.17) is 28.6 Å². The second kappa shape index (κ2) is 10.0. The Morgan fingerprint density at radius 3 is 2.61 bits per heavy atom. The highest BCUT2D eigenvalue weighted by Gasteiger charge is 2.26. The summed E-state index contributed by atoms with van der Waals surface area (Å²) in [5.74, 6) is -0.316. The Bertz CT molecular complexity index is 1110. The van der Waals surface area contributed by atoms with Gasteiger partial charge in [-0.05, 0) is 79.9 Å². The number of esters is 1. The van der Waals surface area contributed by atoms with E-state index >= 15 is 0 Å². The Labute approximate surface area is 200 Å². The van der Waals surface area contributed by atoms with Crippen molar-refractivity contribution in [3.05, 3.63) is 69.6 Å². The van der Waals surface area contributed by atoms with Crippen molar-refractivity contribution >= 4 is 68.7 Å². The molecule has 0 radical (unpaired) electrons. The van der Waals surface area contributed by atoms with E-state index in [-0.39, 0.29) is 5.97 Å². The summed E-state index contributed by atoms with van der Waals surface area (Å²) in [4.78, 5) is 15.8. The number of carbonyl (C=O) groups excluding carboxylic acids is 1. The van der Waals surface area contributed by atoms with Crippen LogP contribution in [0.2, 0.25) is 5.02 Å². The van der Waals surface area contributed by atoms with Crippen molar-refractivity contribution in [2.24, 2.45) is 0 Å². The van der Waals surface area contributed by atoms with Crippen molar-refractivity contribution < 1.29 is 9.53 Å². The van der Waals surface area contributed by atoms with Crippen molar-refractivity contribution in [3.63, 3.8) is 0 Å². The first-order valence-corrected chi connectivity index (χ1v) is 12.3. The number of ether oxygens (including phenoxy) is 1. The summed E-state index contributed by atoms with van der Waals surface area (Å²) in [6.45, 7) is 0. The van der Waals surface area contributed by atoms with Gasteiger partial charge in [-0.1, -0.05) is 35.5 Å². The van der Waals surface area contributed by atoms with Gasteiger partial charge in [-0.3, -0.25) is 0 Å². The number of para-hydroxylation sites is 1. The molecule has 0 spiro atoms. The van der Waals surface area contributed by atoms with Gasteiger partial charge in [0, 0.05) is 19.7 Å². The van der Waals surface area contributed by atoms with E-state index in [1.165, 1.54) is 12.0 Å². The van der Waals surface area contributed by atoms with Crippen LogP contribution in [0.5, 0.6) is 0 Å². The molecule has 8 heteroatoms. The van der Waals surface area contributed by atoms with E-state index in [9.17, 15) is 4.79 Å². The van der Waals surface area contributed by atoms with Crippen LogP contribution in [0.3, 0.4) is 0 Å². The third-order valence-electron chi connectivity index (χ3n) is 4.96. The number of aryl methyl sites for hydroxylation is 1. The molecule has 0 amide bonds. The Morgan fingerprint density at radius 2 is 1.84 bits per heavy atom. The SMILES string of the molecule is COC(=O)c1c(NC(=S)Nc2ccccc2Sc2ccc(Cl)cc2)sc2c1CCCC2. The highest BCUT2D eigenvalue weighted by molar-refractivity contribution is 7.99. The number of thiophene rings is 1. The quantitative estimate of drug-likeness (QED) is 0.297. The summed E-state index contributed by atoms with van der Waals surface area (Å²) in [5.41, 5.74) is 2.61. The lowest BCUT2D eigenvalue weighted by atomic mass is 9.95. The zero-order chi connectivity index (χ0) is 21.8. The minimum Gasteiger partial charge on any atom is -0.465 e. The largest absolute Gasteiger partial charge is 0.465 e. The third kappa shape index (κ3) is 5.23. The summed E-state index contributed by atoms with van der Waals surface area (Å²) in [7, 11) is 1.42. The Kier molecular flexibility index (Phi) is 7.17. The van der Waals surface area contributed by atoms with Gasteiger partial charge in [-0.15, -0.1) is 11.3 Å². The van der Waals surface area contributed by atoms with Crippen LogP contribution in [0.15, 0.2) is 58.3 Å². The highest BCUT2D eigenvalue weighted by atomic mass is 35.5. The molecule has 4 nitrogen and oxygen atoms in total. The van der Waals surface area contributed by atoms with Crippen molar-refractivity contribution in [1.82, 2.24) is 0 Å². The lowest BCUT2D eigenvalue weighted by Gasteiger charge is -2.14. The van der Waals surface area contributed by atoms with Crippen LogP contribution in [0, 0.1) is 0 Å². The maximum absolute atomic E-state index is 12.5. The molecule has 2 N–H and O–H groups in total. The van der Waals surface area contributed by atoms with Crippen LogP contribution >= 0.6 is 46.9 Å². The number of anilines is 2. The summed E-state index contributed by atoms with van der Waals surface area (Å²) < 4.78 is 5.05. The van der Waals surface area contributed by atoms with Gasteiger partial charge in [0.05, 0.1) is 18.4 Å². The number of thiocarbonyl (C=S) groups is 1. The molecule has 1 heterocycles. The first kappa shape index (κ1) is 22.1. The molecule has 4 rings (SSSR count). The van der Waals surface area contributed by atoms with Gasteiger partial charge in [0.1, 0.15) is 5.00 Å². The van der Waals surface area contributed by atoms with E-state index in [1.807, 2.05) is 48.5 Å². The number of methoxy groups -OCH3 is 1. The summed E-state index contributed by atoms with van der Waals surface area (Å²) in [6.07, 6.45) is 4.13. The van der Waals surface area contributed by atoms with Crippen LogP contribution in [0.1, 0.15) is 33.6 Å². The predicted octanol–water partition coefficient (Wildman–Crippen LogP) is 7.03. The number of rotatable bonds is 5. The maximum atomic E-state index is 12.5. The number of hydrogen-bond donors (Lipinski definition) is 2. The zero-order valence-electron chi connectivity index (χ0n) is 16.9. The third-order valence-corrected chi connectivity index (χ3v) is 7.71. The molecule has 1 aliphatic rings. The second-order valence-corrected chi connectivity index (χ2v) is 10.1. The lowest BCUT2D eigenvalue weighted by molar-refractivity contribution is 0.0601. The minimum atomic E-state index is -0.316. The van der Waals surface area contributed by atoms with E-state index in [1.54, 1.807) is 23.1 Å². The molecule has 3 aromatic rings. The summed E-state index contributed by atoms with van der Waals surface area (Å²) in [5, 5.41) is 8.42. The van der Waals surface area contributed by atoms with Gasteiger partial charge < -0.3 is 15.4 Å². The Morgan fingerprint density at radius 1 is 1.10 bits per heavy atom. The van der Waals surface area contributed by atoms with E-state index in [0.29, 0.717) is 15.7 Å². The molecule has 160 valence electrons. The second-order valence-electron chi connectivity index (χ2n) is 7.04. The molecule has 0 unspecified atom stereocenters. The molecular weight excluding hydrogens is 468 g/mol. The van der Waals surface area contributed by atoms with Gasteiger partial charge in [0.25, 0.3) is 0 Å². The summed E-state index contributed by atoms with van der Waals surface area (Å²) in [6, 6.07) is 15.7. The number of halogens is 1. The van der Waals surface area contributed by atoms with E-state index in [2.05, 4.69) is 10.6 Å². The molecule has 2 aromatic carbocycles. The molecule has 31 heavy (non-hydrogen) atoms. The van der Waals surface area contributed by atoms with Gasteiger partial charge in [0.15, 0.2) is 5.11 Å². The molecule has 0 saturated carbocycles. The highest BCUT2D eigenvalue weighted by Crippen LogP contribution is 2.39. The van der Waals surface area contributed by atoms with Gasteiger partial charge in [0.2, 0.25) is 0 Å². The minimum absolute atomic E-state index is 0.316. The molecule has 1 aliphatic carbocycles. The van der Waals surface area contributed by atoms with E-state index in [0.717, 1.165) is 51.7 Å². The van der Waals surface area contributed by atoms with Crippen LogP contribution in [0.25, 0.3) is 0 Å². The molecule has 0 aliphatic heterocycles. The molecule has 1 aromatic heterocycles. The van der Waals surface area contributed by atoms with Crippen molar-refractivity contribution in [1.29, 1.82) is 0 Å². The van der Waals surface area contributed by atoms with Crippen LogP contribution in [-0.2, 0) is 17.6 Å². The summed E-state index contributed by atoms with van der Waals surface area (Å²) >= 11 is 14.8. The average Bonchev–Trinajstić information content (AvgIpc) is 3.13. The first-order chi connectivity index (χ1) is 15.0. The van der Waals surface area contributed by atoms with Crippen LogP contribution in [0.4, 0.5) is 10.7 Å². The van der Waals surface area contributed by atoms with E-state index < -0.39 is 0 Å². The fraction of sp³-hybridized carbons (Fsp3) is 0.217. The molecule has 0 saturated heterocycles. The van der Waals surface area contributed by atoms with Gasteiger partial charge in [-0.2, -0.15) is 0 Å². The lowest BCUT2D eigenvalue weighted by Crippen LogP contribution is -2.20. The Balaban J connectivity index is 1.53. The number of fused-ring (bicyclic) bond motifs is 1. The van der Waals surface area contributed by atoms with Crippen LogP contribution < -0.4 is 10.6 Å². The number of carbonyl (C=O) groups is 1. The molecular formula is C23H21ClN2O2S3. The van der Waals surface area contributed by atoms with Gasteiger partial charge in [-0.25, -0.2) is 4.79 Å². The number of nitrogens with one attached hydrogen (secondary N) is 2. The number of benzene rings is 2. The van der Waals surface area contributed by atoms with Crippen molar-refractivity contribution in [2.45, 2.75) is 35.5 Å². The molecule has 0 atom stereocenters. The fourth-order valence-corrected chi connectivity index (χ4v) is 6.10. The van der Waals surface area contributed by atoms with Crippen molar-refractivity contribution in [3.8, 4) is 0 Å². The molecule has 0 fully saturated rings. The zero-order valence-corrected chi connectivity index (χ0v) is 20.1. The smallest absolute Gasteiger partial charge is 0.341 e. The van der Waals surface area contributed by atoms with Gasteiger partial charge >= 0.3 is 5.97 Å². The fourth-order valence-electron chi connectivity index (χ4n) is 3.52. The van der Waals surface area contributed by atoms with Crippen LogP contribution in [-0.4, -0.2) is 18.2 Å². The normalized spacial score (nSPS) is 12.7. The standard InChI is InChI=1S/C23H21ClN2O2S3/c1-28-22(27)20-16-6-2-4-8-18(16)31-21(20)26-23(29)25-17-7-3-5-9-19(17)30-15-12-10-14(24)11-13-15/h3,5,7,9-13H,2,4,6,8H2,1H3,(H2,25,26,29). The first-order valence-electron chi connectivity index (χ1n) is 9.88. The van der Waals surface area contributed by atoms with Crippen molar-refractivity contribution in [2.75, 3.05) is 17.7 Å². The maximum Gasteiger partial charge on any atom is 0.341 e.